The number of carbonyl (C=O) groups is 1. The number of hydrogen-bond acceptors (Lipinski definition) is 3. The van der Waals surface area contributed by atoms with Crippen LogP contribution in [0.15, 0.2) is 16.6 Å². The number of ether oxygens (including phenoxy) is 2. The van der Waals surface area contributed by atoms with E-state index in [1.807, 2.05) is 6.92 Å². The zero-order chi connectivity index (χ0) is 10.6. The fraction of sp³-hybridized carbons (Fsp3) is 0.300. The van der Waals surface area contributed by atoms with E-state index in [-0.39, 0.29) is 0 Å². The third kappa shape index (κ3) is 2.26. The van der Waals surface area contributed by atoms with Gasteiger partial charge >= 0.3 is 0 Å². The van der Waals surface area contributed by atoms with Crippen molar-refractivity contribution >= 4 is 22.2 Å². The first-order valence-electron chi connectivity index (χ1n) is 4.18. The number of hydrogen-bond donors (Lipinski definition) is 0. The second-order valence-corrected chi connectivity index (χ2v) is 3.43. The van der Waals surface area contributed by atoms with Gasteiger partial charge in [-0.1, -0.05) is 0 Å². The van der Waals surface area contributed by atoms with Crippen LogP contribution < -0.4 is 9.47 Å². The smallest absolute Gasteiger partial charge is 0.153 e. The van der Waals surface area contributed by atoms with Crippen LogP contribution in [0.4, 0.5) is 0 Å². The van der Waals surface area contributed by atoms with Crippen molar-refractivity contribution in [3.05, 3.63) is 22.2 Å². The summed E-state index contributed by atoms with van der Waals surface area (Å²) in [5.41, 5.74) is 0.484. The third-order valence-electron chi connectivity index (χ3n) is 1.70. The standard InChI is InChI=1S/C10H11BrO3/c1-3-14-10-7(6-12)4-8(13-2)5-9(10)11/h4-6H,3H2,1-2H3. The van der Waals surface area contributed by atoms with Crippen LogP contribution in [0.25, 0.3) is 0 Å². The van der Waals surface area contributed by atoms with E-state index in [2.05, 4.69) is 15.9 Å². The van der Waals surface area contributed by atoms with Crippen LogP contribution in [0.5, 0.6) is 11.5 Å². The SMILES string of the molecule is CCOc1c(Br)cc(OC)cc1C=O. The summed E-state index contributed by atoms with van der Waals surface area (Å²) in [4.78, 5) is 10.8. The first kappa shape index (κ1) is 11.0. The largest absolute Gasteiger partial charge is 0.497 e. The molecule has 1 aromatic rings. The zero-order valence-electron chi connectivity index (χ0n) is 8.04. The van der Waals surface area contributed by atoms with Crippen LogP contribution in [0.1, 0.15) is 17.3 Å². The van der Waals surface area contributed by atoms with E-state index in [1.54, 1.807) is 19.2 Å². The monoisotopic (exact) mass is 258 g/mol. The Morgan fingerprint density at radius 2 is 2.21 bits per heavy atom. The summed E-state index contributed by atoms with van der Waals surface area (Å²) in [5.74, 6) is 1.19. The van der Waals surface area contributed by atoms with Crippen LogP contribution in [-0.4, -0.2) is 20.0 Å². The van der Waals surface area contributed by atoms with Gasteiger partial charge in [-0.05, 0) is 35.0 Å². The second-order valence-electron chi connectivity index (χ2n) is 2.58. The third-order valence-corrected chi connectivity index (χ3v) is 2.29. The Bertz CT molecular complexity index is 336. The fourth-order valence-electron chi connectivity index (χ4n) is 1.09. The number of aldehydes is 1. The summed E-state index contributed by atoms with van der Waals surface area (Å²) in [6.07, 6.45) is 0.748. The van der Waals surface area contributed by atoms with Gasteiger partial charge in [-0.15, -0.1) is 0 Å². The number of halogens is 1. The van der Waals surface area contributed by atoms with Crippen molar-refractivity contribution in [2.75, 3.05) is 13.7 Å². The lowest BCUT2D eigenvalue weighted by atomic mass is 10.2. The summed E-state index contributed by atoms with van der Waals surface area (Å²) in [6.45, 7) is 2.39. The molecular weight excluding hydrogens is 248 g/mol. The van der Waals surface area contributed by atoms with E-state index in [9.17, 15) is 4.79 Å². The molecule has 0 N–H and O–H groups in total. The van der Waals surface area contributed by atoms with Crippen molar-refractivity contribution in [3.8, 4) is 11.5 Å². The number of benzene rings is 1. The van der Waals surface area contributed by atoms with E-state index in [0.29, 0.717) is 23.7 Å². The van der Waals surface area contributed by atoms with Crippen LogP contribution in [-0.2, 0) is 0 Å². The van der Waals surface area contributed by atoms with Gasteiger partial charge in [0.2, 0.25) is 0 Å². The molecule has 0 aromatic heterocycles. The van der Waals surface area contributed by atoms with Gasteiger partial charge < -0.3 is 9.47 Å². The first-order valence-corrected chi connectivity index (χ1v) is 4.97. The Labute approximate surface area is 91.1 Å². The highest BCUT2D eigenvalue weighted by Gasteiger charge is 2.09. The van der Waals surface area contributed by atoms with E-state index in [4.69, 9.17) is 9.47 Å². The quantitative estimate of drug-likeness (QED) is 0.780. The number of rotatable bonds is 4. The minimum absolute atomic E-state index is 0.484. The highest BCUT2D eigenvalue weighted by atomic mass is 79.9. The Morgan fingerprint density at radius 3 is 2.71 bits per heavy atom. The maximum atomic E-state index is 10.8. The van der Waals surface area contributed by atoms with Crippen molar-refractivity contribution in [1.29, 1.82) is 0 Å². The minimum atomic E-state index is 0.484. The van der Waals surface area contributed by atoms with Crippen LogP contribution in [0.3, 0.4) is 0 Å². The fourth-order valence-corrected chi connectivity index (χ4v) is 1.66. The molecule has 4 heteroatoms. The van der Waals surface area contributed by atoms with Gasteiger partial charge in [-0.3, -0.25) is 4.79 Å². The molecule has 0 aliphatic heterocycles. The normalized spacial score (nSPS) is 9.64. The van der Waals surface area contributed by atoms with Crippen LogP contribution in [0.2, 0.25) is 0 Å². The average molecular weight is 259 g/mol. The molecule has 0 heterocycles. The first-order chi connectivity index (χ1) is 6.72. The molecule has 1 rings (SSSR count). The molecule has 0 unspecified atom stereocenters. The molecule has 0 aliphatic rings. The molecule has 0 spiro atoms. The summed E-state index contributed by atoms with van der Waals surface area (Å²) in [5, 5.41) is 0. The van der Waals surface area contributed by atoms with Gasteiger partial charge in [-0.2, -0.15) is 0 Å². The molecule has 3 nitrogen and oxygen atoms in total. The molecule has 0 fully saturated rings. The van der Waals surface area contributed by atoms with Gasteiger partial charge in [0.05, 0.1) is 23.8 Å². The van der Waals surface area contributed by atoms with Gasteiger partial charge in [0.15, 0.2) is 6.29 Å². The van der Waals surface area contributed by atoms with Crippen LogP contribution in [0, 0.1) is 0 Å². The molecule has 0 bridgehead atoms. The van der Waals surface area contributed by atoms with Crippen molar-refractivity contribution in [1.82, 2.24) is 0 Å². The predicted molar refractivity (Wildman–Crippen MR) is 57.3 cm³/mol. The van der Waals surface area contributed by atoms with Crippen molar-refractivity contribution in [2.24, 2.45) is 0 Å². The molecule has 0 radical (unpaired) electrons. The molecule has 0 amide bonds. The molecule has 0 saturated heterocycles. The molecule has 1 aromatic carbocycles. The number of carbonyl (C=O) groups excluding carboxylic acids is 1. The van der Waals surface area contributed by atoms with Gasteiger partial charge in [0, 0.05) is 0 Å². The van der Waals surface area contributed by atoms with E-state index >= 15 is 0 Å². The summed E-state index contributed by atoms with van der Waals surface area (Å²) >= 11 is 3.32. The van der Waals surface area contributed by atoms with Crippen molar-refractivity contribution in [3.63, 3.8) is 0 Å². The molecule has 0 atom stereocenters. The maximum Gasteiger partial charge on any atom is 0.153 e. The molecule has 0 saturated carbocycles. The van der Waals surface area contributed by atoms with E-state index in [1.165, 1.54) is 0 Å². The van der Waals surface area contributed by atoms with Crippen molar-refractivity contribution < 1.29 is 14.3 Å². The highest BCUT2D eigenvalue weighted by molar-refractivity contribution is 9.10. The molecule has 0 aliphatic carbocycles. The highest BCUT2D eigenvalue weighted by Crippen LogP contribution is 2.32. The summed E-state index contributed by atoms with van der Waals surface area (Å²) in [6, 6.07) is 3.40. The van der Waals surface area contributed by atoms with Crippen LogP contribution >= 0.6 is 15.9 Å². The van der Waals surface area contributed by atoms with E-state index in [0.717, 1.165) is 10.8 Å². The Kier molecular flexibility index (Phi) is 3.95. The molecule has 14 heavy (non-hydrogen) atoms. The zero-order valence-corrected chi connectivity index (χ0v) is 9.63. The Hall–Kier alpha value is -1.03. The van der Waals surface area contributed by atoms with E-state index < -0.39 is 0 Å². The summed E-state index contributed by atoms with van der Waals surface area (Å²) < 4.78 is 11.1. The predicted octanol–water partition coefficient (Wildman–Crippen LogP) is 2.67. The Balaban J connectivity index is 3.19. The number of methoxy groups -OCH3 is 1. The molecule has 76 valence electrons. The van der Waals surface area contributed by atoms with Gasteiger partial charge in [0.25, 0.3) is 0 Å². The van der Waals surface area contributed by atoms with Gasteiger partial charge in [-0.25, -0.2) is 0 Å². The summed E-state index contributed by atoms with van der Waals surface area (Å²) in [7, 11) is 1.55. The lowest BCUT2D eigenvalue weighted by molar-refractivity contribution is 0.111. The molecular formula is C10H11BrO3. The minimum Gasteiger partial charge on any atom is -0.497 e. The lowest BCUT2D eigenvalue weighted by Crippen LogP contribution is -1.98. The second kappa shape index (κ2) is 5.00. The maximum absolute atomic E-state index is 10.8. The average Bonchev–Trinajstić information content (AvgIpc) is 2.20. The van der Waals surface area contributed by atoms with Crippen molar-refractivity contribution in [2.45, 2.75) is 6.92 Å². The van der Waals surface area contributed by atoms with Gasteiger partial charge in [0.1, 0.15) is 11.5 Å². The lowest BCUT2D eigenvalue weighted by Gasteiger charge is -2.10. The topological polar surface area (TPSA) is 35.5 Å². The Morgan fingerprint density at radius 1 is 1.50 bits per heavy atom.